The average molecular weight is 386 g/mol. The van der Waals surface area contributed by atoms with Crippen LogP contribution in [0.3, 0.4) is 0 Å². The summed E-state index contributed by atoms with van der Waals surface area (Å²) in [5.41, 5.74) is 0.808. The Bertz CT molecular complexity index is 841. The third-order valence-electron chi connectivity index (χ3n) is 4.76. The van der Waals surface area contributed by atoms with Crippen molar-refractivity contribution in [1.82, 2.24) is 14.6 Å². The van der Waals surface area contributed by atoms with Crippen molar-refractivity contribution < 1.29 is 4.84 Å². The SMILES string of the molecule is CN1O[C@H](CSc2ccc(Cl)cc2)C[C@]1(c1ccccc1)n1ccnc1. The Morgan fingerprint density at radius 2 is 1.96 bits per heavy atom. The van der Waals surface area contributed by atoms with E-state index < -0.39 is 0 Å². The Labute approximate surface area is 162 Å². The van der Waals surface area contributed by atoms with Crippen molar-refractivity contribution in [3.63, 3.8) is 0 Å². The summed E-state index contributed by atoms with van der Waals surface area (Å²) in [5.74, 6) is 0.870. The highest BCUT2D eigenvalue weighted by Gasteiger charge is 2.47. The molecule has 0 N–H and O–H groups in total. The summed E-state index contributed by atoms with van der Waals surface area (Å²) in [6.07, 6.45) is 6.63. The molecular weight excluding hydrogens is 366 g/mol. The number of rotatable bonds is 5. The summed E-state index contributed by atoms with van der Waals surface area (Å²) in [4.78, 5) is 11.7. The molecule has 0 spiro atoms. The molecule has 0 aliphatic carbocycles. The van der Waals surface area contributed by atoms with E-state index in [1.165, 1.54) is 10.5 Å². The molecule has 134 valence electrons. The predicted molar refractivity (Wildman–Crippen MR) is 105 cm³/mol. The van der Waals surface area contributed by atoms with Crippen LogP contribution in [-0.4, -0.2) is 33.5 Å². The minimum absolute atomic E-state index is 0.100. The minimum atomic E-state index is -0.386. The summed E-state index contributed by atoms with van der Waals surface area (Å²) < 4.78 is 2.13. The van der Waals surface area contributed by atoms with Crippen molar-refractivity contribution in [1.29, 1.82) is 0 Å². The molecule has 0 unspecified atom stereocenters. The first-order valence-corrected chi connectivity index (χ1v) is 9.88. The van der Waals surface area contributed by atoms with E-state index in [1.807, 2.05) is 61.2 Å². The van der Waals surface area contributed by atoms with Crippen molar-refractivity contribution in [2.45, 2.75) is 23.1 Å². The zero-order valence-electron chi connectivity index (χ0n) is 14.5. The van der Waals surface area contributed by atoms with Crippen LogP contribution >= 0.6 is 23.4 Å². The van der Waals surface area contributed by atoms with Crippen molar-refractivity contribution in [2.75, 3.05) is 12.8 Å². The molecule has 1 fully saturated rings. The number of thioether (sulfide) groups is 1. The fraction of sp³-hybridized carbons (Fsp3) is 0.250. The maximum atomic E-state index is 6.24. The van der Waals surface area contributed by atoms with Gasteiger partial charge in [-0.3, -0.25) is 4.84 Å². The molecule has 1 saturated heterocycles. The zero-order valence-corrected chi connectivity index (χ0v) is 16.0. The Kier molecular flexibility index (Phi) is 5.05. The fourth-order valence-electron chi connectivity index (χ4n) is 3.50. The Morgan fingerprint density at radius 3 is 2.65 bits per heavy atom. The van der Waals surface area contributed by atoms with Crippen molar-refractivity contribution >= 4 is 23.4 Å². The van der Waals surface area contributed by atoms with Crippen LogP contribution in [0.15, 0.2) is 78.2 Å². The highest BCUT2D eigenvalue weighted by atomic mass is 35.5. The molecular formula is C20H20ClN3OS. The molecule has 2 atom stereocenters. The first-order chi connectivity index (χ1) is 12.7. The van der Waals surface area contributed by atoms with Gasteiger partial charge in [-0.05, 0) is 29.8 Å². The van der Waals surface area contributed by atoms with E-state index in [1.54, 1.807) is 11.8 Å². The lowest BCUT2D eigenvalue weighted by atomic mass is 9.94. The van der Waals surface area contributed by atoms with E-state index >= 15 is 0 Å². The van der Waals surface area contributed by atoms with Gasteiger partial charge in [0, 0.05) is 41.5 Å². The van der Waals surface area contributed by atoms with Gasteiger partial charge in [-0.25, -0.2) is 4.98 Å². The van der Waals surface area contributed by atoms with Crippen molar-refractivity contribution in [3.05, 3.63) is 83.9 Å². The fourth-order valence-corrected chi connectivity index (χ4v) is 4.51. The second kappa shape index (κ2) is 7.45. The van der Waals surface area contributed by atoms with Gasteiger partial charge < -0.3 is 4.57 Å². The van der Waals surface area contributed by atoms with Crippen LogP contribution in [0.25, 0.3) is 0 Å². The molecule has 1 aliphatic heterocycles. The maximum absolute atomic E-state index is 6.24. The molecule has 1 aromatic heterocycles. The number of halogens is 1. The van der Waals surface area contributed by atoms with Crippen molar-refractivity contribution in [2.24, 2.45) is 0 Å². The van der Waals surface area contributed by atoms with Crippen LogP contribution < -0.4 is 0 Å². The minimum Gasteiger partial charge on any atom is -0.312 e. The van der Waals surface area contributed by atoms with Gasteiger partial charge in [-0.15, -0.1) is 11.8 Å². The summed E-state index contributed by atoms with van der Waals surface area (Å²) in [5, 5.41) is 2.73. The van der Waals surface area contributed by atoms with Gasteiger partial charge in [0.15, 0.2) is 0 Å². The lowest BCUT2D eigenvalue weighted by molar-refractivity contribution is -0.173. The molecule has 2 aromatic carbocycles. The molecule has 0 radical (unpaired) electrons. The average Bonchev–Trinajstić information content (AvgIpc) is 3.31. The highest BCUT2D eigenvalue weighted by Crippen LogP contribution is 2.42. The van der Waals surface area contributed by atoms with Gasteiger partial charge in [0.25, 0.3) is 0 Å². The van der Waals surface area contributed by atoms with Gasteiger partial charge in [-0.2, -0.15) is 5.06 Å². The quantitative estimate of drug-likeness (QED) is 0.597. The van der Waals surface area contributed by atoms with Gasteiger partial charge in [0.1, 0.15) is 5.66 Å². The monoisotopic (exact) mass is 385 g/mol. The molecule has 4 nitrogen and oxygen atoms in total. The van der Waals surface area contributed by atoms with Gasteiger partial charge in [0.05, 0.1) is 12.4 Å². The number of nitrogens with zero attached hydrogens (tertiary/aromatic N) is 3. The van der Waals surface area contributed by atoms with Crippen LogP contribution in [0.4, 0.5) is 0 Å². The lowest BCUT2D eigenvalue weighted by Crippen LogP contribution is -2.44. The second-order valence-corrected chi connectivity index (χ2v) is 7.88. The second-order valence-electron chi connectivity index (χ2n) is 6.35. The Hall–Kier alpha value is -1.79. The Balaban J connectivity index is 1.57. The number of aromatic nitrogens is 2. The number of imidazole rings is 1. The smallest absolute Gasteiger partial charge is 0.149 e. The van der Waals surface area contributed by atoms with Gasteiger partial charge in [-0.1, -0.05) is 41.9 Å². The molecule has 6 heteroatoms. The molecule has 1 aliphatic rings. The molecule has 0 amide bonds. The van der Waals surface area contributed by atoms with E-state index in [-0.39, 0.29) is 11.8 Å². The first kappa shape index (κ1) is 17.6. The van der Waals surface area contributed by atoms with E-state index in [0.29, 0.717) is 0 Å². The van der Waals surface area contributed by atoms with Crippen LogP contribution in [-0.2, 0) is 10.5 Å². The third kappa shape index (κ3) is 3.28. The highest BCUT2D eigenvalue weighted by molar-refractivity contribution is 7.99. The summed E-state index contributed by atoms with van der Waals surface area (Å²) >= 11 is 7.76. The predicted octanol–water partition coefficient (Wildman–Crippen LogP) is 4.67. The van der Waals surface area contributed by atoms with E-state index in [4.69, 9.17) is 16.4 Å². The first-order valence-electron chi connectivity index (χ1n) is 8.51. The van der Waals surface area contributed by atoms with E-state index in [2.05, 4.69) is 33.8 Å². The topological polar surface area (TPSA) is 30.3 Å². The molecule has 26 heavy (non-hydrogen) atoms. The molecule has 0 saturated carbocycles. The van der Waals surface area contributed by atoms with Crippen molar-refractivity contribution in [3.8, 4) is 0 Å². The third-order valence-corrected chi connectivity index (χ3v) is 6.15. The van der Waals surface area contributed by atoms with Crippen LogP contribution in [0.5, 0.6) is 0 Å². The van der Waals surface area contributed by atoms with Crippen LogP contribution in [0.2, 0.25) is 5.02 Å². The van der Waals surface area contributed by atoms with Crippen LogP contribution in [0.1, 0.15) is 12.0 Å². The number of hydrogen-bond acceptors (Lipinski definition) is 4. The van der Waals surface area contributed by atoms with E-state index in [9.17, 15) is 0 Å². The number of hydroxylamine groups is 2. The molecule has 4 rings (SSSR count). The number of hydrogen-bond donors (Lipinski definition) is 0. The van der Waals surface area contributed by atoms with Crippen LogP contribution in [0, 0.1) is 0 Å². The maximum Gasteiger partial charge on any atom is 0.149 e. The standard InChI is InChI=1S/C20H20ClN3OS/c1-23-20(24-12-11-22-15-24,16-5-3-2-4-6-16)13-18(25-23)14-26-19-9-7-17(21)8-10-19/h2-12,15,18H,13-14H2,1H3/t18-,20+/m0/s1. The van der Waals surface area contributed by atoms with Gasteiger partial charge in [0.2, 0.25) is 0 Å². The summed E-state index contributed by atoms with van der Waals surface area (Å²) in [6, 6.07) is 18.4. The summed E-state index contributed by atoms with van der Waals surface area (Å²) in [7, 11) is 2.00. The normalized spacial score (nSPS) is 23.4. The van der Waals surface area contributed by atoms with Gasteiger partial charge >= 0.3 is 0 Å². The molecule has 3 aromatic rings. The number of benzene rings is 2. The summed E-state index contributed by atoms with van der Waals surface area (Å²) in [6.45, 7) is 0. The molecule has 0 bridgehead atoms. The Morgan fingerprint density at radius 1 is 1.19 bits per heavy atom. The zero-order chi connectivity index (χ0) is 18.0. The molecule has 2 heterocycles. The van der Waals surface area contributed by atoms with E-state index in [0.717, 1.165) is 17.2 Å². The largest absolute Gasteiger partial charge is 0.312 e. The lowest BCUT2D eigenvalue weighted by Gasteiger charge is -2.35.